The maximum absolute atomic E-state index is 12.5. The second-order valence-electron chi connectivity index (χ2n) is 8.83. The van der Waals surface area contributed by atoms with Crippen molar-refractivity contribution in [1.29, 1.82) is 0 Å². The fraction of sp³-hybridized carbons (Fsp3) is 0.842. The van der Waals surface area contributed by atoms with Gasteiger partial charge in [-0.3, -0.25) is 9.59 Å². The maximum Gasteiger partial charge on any atom is 0.410 e. The molecule has 3 heterocycles. The lowest BCUT2D eigenvalue weighted by molar-refractivity contribution is -0.145. The van der Waals surface area contributed by atoms with Crippen molar-refractivity contribution < 1.29 is 23.9 Å². The van der Waals surface area contributed by atoms with Crippen LogP contribution in [-0.4, -0.2) is 65.7 Å². The van der Waals surface area contributed by atoms with E-state index < -0.39 is 5.60 Å². The predicted octanol–water partition coefficient (Wildman–Crippen LogP) is 2.19. The van der Waals surface area contributed by atoms with E-state index in [1.54, 1.807) is 4.90 Å². The molecule has 0 aromatic carbocycles. The molecule has 0 N–H and O–H groups in total. The first-order valence-electron chi connectivity index (χ1n) is 9.55. The third-order valence-corrected chi connectivity index (χ3v) is 5.66. The van der Waals surface area contributed by atoms with Crippen LogP contribution in [-0.2, 0) is 19.1 Å². The molecule has 3 rings (SSSR count). The van der Waals surface area contributed by atoms with Gasteiger partial charge in [-0.25, -0.2) is 4.79 Å². The number of hydrogen-bond acceptors (Lipinski definition) is 5. The number of ether oxygens (including phenoxy) is 2. The van der Waals surface area contributed by atoms with Crippen LogP contribution in [0.25, 0.3) is 0 Å². The summed E-state index contributed by atoms with van der Waals surface area (Å²) >= 11 is 0. The number of piperidine rings is 1. The van der Waals surface area contributed by atoms with Crippen LogP contribution in [0.3, 0.4) is 0 Å². The van der Waals surface area contributed by atoms with E-state index in [4.69, 9.17) is 9.47 Å². The first-order valence-corrected chi connectivity index (χ1v) is 9.55. The first-order chi connectivity index (χ1) is 12.2. The smallest absolute Gasteiger partial charge is 0.410 e. The molecule has 3 aliphatic rings. The van der Waals surface area contributed by atoms with E-state index in [2.05, 4.69) is 0 Å². The number of amides is 2. The molecule has 0 aromatic heterocycles. The molecule has 0 radical (unpaired) electrons. The summed E-state index contributed by atoms with van der Waals surface area (Å²) in [6, 6.07) is 0.394. The minimum atomic E-state index is -0.488. The summed E-state index contributed by atoms with van der Waals surface area (Å²) in [5.41, 5.74) is -0.488. The van der Waals surface area contributed by atoms with Crippen LogP contribution in [0, 0.1) is 11.8 Å². The fourth-order valence-corrected chi connectivity index (χ4v) is 4.64. The van der Waals surface area contributed by atoms with E-state index in [1.807, 2.05) is 25.7 Å². The number of methoxy groups -OCH3 is 1. The lowest BCUT2D eigenvalue weighted by atomic mass is 9.90. The Morgan fingerprint density at radius 3 is 2.31 bits per heavy atom. The number of hydrogen-bond donors (Lipinski definition) is 0. The Balaban J connectivity index is 1.57. The Labute approximate surface area is 155 Å². The van der Waals surface area contributed by atoms with Crippen LogP contribution in [0.2, 0.25) is 0 Å². The number of nitrogens with zero attached hydrogens (tertiary/aromatic N) is 2. The average Bonchev–Trinajstić information content (AvgIpc) is 3.03. The molecule has 3 aliphatic heterocycles. The molecule has 26 heavy (non-hydrogen) atoms. The molecule has 0 spiro atoms. The van der Waals surface area contributed by atoms with Crippen molar-refractivity contribution in [3.8, 4) is 0 Å². The Morgan fingerprint density at radius 1 is 1.15 bits per heavy atom. The molecule has 7 nitrogen and oxygen atoms in total. The number of carbonyl (C=O) groups excluding carboxylic acids is 3. The van der Waals surface area contributed by atoms with Crippen LogP contribution in [0.15, 0.2) is 0 Å². The number of esters is 1. The SMILES string of the molecule is COC(=O)C1CC(=O)N(CC2C[C@H]3CC[C@@H](C2)N3C(=O)OC(C)(C)C)C1. The van der Waals surface area contributed by atoms with E-state index >= 15 is 0 Å². The largest absolute Gasteiger partial charge is 0.469 e. The summed E-state index contributed by atoms with van der Waals surface area (Å²) in [6.07, 6.45) is 3.81. The minimum Gasteiger partial charge on any atom is -0.469 e. The topological polar surface area (TPSA) is 76.2 Å². The molecule has 2 amide bonds. The lowest BCUT2D eigenvalue weighted by Gasteiger charge is -2.40. The summed E-state index contributed by atoms with van der Waals surface area (Å²) in [4.78, 5) is 40.1. The van der Waals surface area contributed by atoms with E-state index in [0.717, 1.165) is 25.7 Å². The standard InChI is InChI=1S/C19H30N2O5/c1-19(2,3)26-18(24)21-14-5-6-15(21)8-12(7-14)10-20-11-13(9-16(20)22)17(23)25-4/h12-15H,5-11H2,1-4H3/t12?,13?,14-,15+. The molecule has 0 aliphatic carbocycles. The predicted molar refractivity (Wildman–Crippen MR) is 94.3 cm³/mol. The Kier molecular flexibility index (Phi) is 5.17. The Bertz CT molecular complexity index is 571. The number of likely N-dealkylation sites (tertiary alicyclic amines) is 1. The highest BCUT2D eigenvalue weighted by Crippen LogP contribution is 2.40. The highest BCUT2D eigenvalue weighted by molar-refractivity contribution is 5.86. The Hall–Kier alpha value is -1.79. The minimum absolute atomic E-state index is 0.0299. The van der Waals surface area contributed by atoms with E-state index in [9.17, 15) is 14.4 Å². The molecule has 3 fully saturated rings. The van der Waals surface area contributed by atoms with Gasteiger partial charge < -0.3 is 19.3 Å². The number of rotatable bonds is 3. The monoisotopic (exact) mass is 366 g/mol. The molecule has 2 bridgehead atoms. The van der Waals surface area contributed by atoms with Crippen molar-refractivity contribution >= 4 is 18.0 Å². The van der Waals surface area contributed by atoms with Gasteiger partial charge in [0.05, 0.1) is 13.0 Å². The van der Waals surface area contributed by atoms with Crippen molar-refractivity contribution in [1.82, 2.24) is 9.80 Å². The van der Waals surface area contributed by atoms with Gasteiger partial charge in [0.25, 0.3) is 0 Å². The van der Waals surface area contributed by atoms with Gasteiger partial charge in [-0.15, -0.1) is 0 Å². The van der Waals surface area contributed by atoms with Gasteiger partial charge in [0.2, 0.25) is 5.91 Å². The van der Waals surface area contributed by atoms with Gasteiger partial charge in [-0.2, -0.15) is 0 Å². The highest BCUT2D eigenvalue weighted by Gasteiger charge is 2.46. The summed E-state index contributed by atoms with van der Waals surface area (Å²) in [7, 11) is 1.36. The third-order valence-electron chi connectivity index (χ3n) is 5.66. The van der Waals surface area contributed by atoms with Crippen molar-refractivity contribution in [3.05, 3.63) is 0 Å². The molecule has 0 saturated carbocycles. The van der Waals surface area contributed by atoms with Crippen LogP contribution in [0.5, 0.6) is 0 Å². The van der Waals surface area contributed by atoms with E-state index in [0.29, 0.717) is 19.0 Å². The van der Waals surface area contributed by atoms with Gasteiger partial charge in [0.15, 0.2) is 0 Å². The summed E-state index contributed by atoms with van der Waals surface area (Å²) in [5, 5.41) is 0. The van der Waals surface area contributed by atoms with Crippen molar-refractivity contribution in [2.75, 3.05) is 20.2 Å². The van der Waals surface area contributed by atoms with Gasteiger partial charge in [-0.05, 0) is 52.4 Å². The van der Waals surface area contributed by atoms with Crippen LogP contribution in [0.1, 0.15) is 52.9 Å². The normalized spacial score (nSPS) is 31.3. The maximum atomic E-state index is 12.5. The van der Waals surface area contributed by atoms with E-state index in [-0.39, 0.29) is 42.4 Å². The second-order valence-corrected chi connectivity index (χ2v) is 8.83. The molecular formula is C19H30N2O5. The molecule has 146 valence electrons. The zero-order valence-corrected chi connectivity index (χ0v) is 16.2. The molecule has 0 aromatic rings. The summed E-state index contributed by atoms with van der Waals surface area (Å²) < 4.78 is 10.3. The zero-order chi connectivity index (χ0) is 19.1. The van der Waals surface area contributed by atoms with Crippen LogP contribution in [0.4, 0.5) is 4.79 Å². The van der Waals surface area contributed by atoms with Gasteiger partial charge >= 0.3 is 12.1 Å². The molecule has 3 saturated heterocycles. The summed E-state index contributed by atoms with van der Waals surface area (Å²) in [5.74, 6) is -0.249. The molecule has 2 unspecified atom stereocenters. The zero-order valence-electron chi connectivity index (χ0n) is 16.2. The van der Waals surface area contributed by atoms with Gasteiger partial charge in [0.1, 0.15) is 5.60 Å². The lowest BCUT2D eigenvalue weighted by Crippen LogP contribution is -2.50. The van der Waals surface area contributed by atoms with Crippen molar-refractivity contribution in [2.45, 2.75) is 70.6 Å². The van der Waals surface area contributed by atoms with E-state index in [1.165, 1.54) is 7.11 Å². The van der Waals surface area contributed by atoms with Crippen LogP contribution < -0.4 is 0 Å². The number of carbonyl (C=O) groups is 3. The quantitative estimate of drug-likeness (QED) is 0.716. The average molecular weight is 366 g/mol. The van der Waals surface area contributed by atoms with Crippen LogP contribution >= 0.6 is 0 Å². The highest BCUT2D eigenvalue weighted by atomic mass is 16.6. The number of fused-ring (bicyclic) bond motifs is 2. The molecule has 4 atom stereocenters. The van der Waals surface area contributed by atoms with Gasteiger partial charge in [0, 0.05) is 31.6 Å². The van der Waals surface area contributed by atoms with Crippen molar-refractivity contribution in [2.24, 2.45) is 11.8 Å². The Morgan fingerprint density at radius 2 is 1.77 bits per heavy atom. The molecular weight excluding hydrogens is 336 g/mol. The first kappa shape index (κ1) is 19.0. The molecule has 7 heteroatoms. The van der Waals surface area contributed by atoms with Crippen molar-refractivity contribution in [3.63, 3.8) is 0 Å². The second kappa shape index (κ2) is 7.08. The summed E-state index contributed by atoms with van der Waals surface area (Å²) in [6.45, 7) is 6.78. The third kappa shape index (κ3) is 3.96. The van der Waals surface area contributed by atoms with Gasteiger partial charge in [-0.1, -0.05) is 0 Å². The fourth-order valence-electron chi connectivity index (χ4n) is 4.64.